The molecule has 4 aromatic heterocycles. The fourth-order valence-electron chi connectivity index (χ4n) is 1.55. The molecule has 1 radical (unpaired) electrons. The van der Waals surface area contributed by atoms with Crippen LogP contribution < -0.4 is 116 Å². The van der Waals surface area contributed by atoms with Gasteiger partial charge in [-0.3, -0.25) is 0 Å². The van der Waals surface area contributed by atoms with Gasteiger partial charge in [0, 0.05) is 58.2 Å². The van der Waals surface area contributed by atoms with Gasteiger partial charge in [0.15, 0.2) is 47.7 Å². The zero-order chi connectivity index (χ0) is 27.4. The minimum atomic E-state index is 0. The summed E-state index contributed by atoms with van der Waals surface area (Å²) in [6.45, 7) is 0. The van der Waals surface area contributed by atoms with Crippen LogP contribution in [0.25, 0.3) is 0 Å². The van der Waals surface area contributed by atoms with Crippen molar-refractivity contribution in [2.75, 3.05) is 0 Å². The van der Waals surface area contributed by atoms with Crippen LogP contribution >= 0.6 is 122 Å². The number of aromatic amines is 10. The summed E-state index contributed by atoms with van der Waals surface area (Å²) in [6, 6.07) is 0. The fraction of sp³-hybridized carbons (Fsp3) is 0. The van der Waals surface area contributed by atoms with E-state index < -0.39 is 0 Å². The molecule has 0 spiro atoms. The van der Waals surface area contributed by atoms with Crippen molar-refractivity contribution in [1.82, 2.24) is 59.8 Å². The van der Waals surface area contributed by atoms with Crippen molar-refractivity contribution in [2.45, 2.75) is 10.3 Å². The van der Waals surface area contributed by atoms with Gasteiger partial charge in [0.05, 0.1) is 0 Å². The maximum absolute atomic E-state index is 4.72. The maximum atomic E-state index is 4.72. The molecule has 18 nitrogen and oxygen atoms in total. The molecule has 22 N–H and O–H groups in total. The Hall–Kier alpha value is 3.86. The van der Waals surface area contributed by atoms with Gasteiger partial charge in [-0.15, -0.1) is 0 Å². The van der Waals surface area contributed by atoms with Gasteiger partial charge in [-0.25, -0.2) is 9.97 Å². The zero-order valence-electron chi connectivity index (χ0n) is 22.8. The van der Waals surface area contributed by atoms with E-state index in [0.717, 1.165) is 0 Å². The molecule has 4 heterocycles. The topological polar surface area (TPSA) is 373 Å². The maximum Gasteiger partial charge on any atom is 1.00 e. The van der Waals surface area contributed by atoms with Crippen molar-refractivity contribution < 1.29 is 149 Å². The molecule has 0 bridgehead atoms. The van der Waals surface area contributed by atoms with Gasteiger partial charge >= 0.3 is 116 Å². The molecule has 0 fully saturated rings. The average molecular weight is 1070 g/mol. The van der Waals surface area contributed by atoms with E-state index in [1.54, 1.807) is 0 Å². The van der Waals surface area contributed by atoms with Crippen LogP contribution in [0.1, 0.15) is 0 Å². The molecular formula is C12H22N12O6Rb3S12. The van der Waals surface area contributed by atoms with Gasteiger partial charge in [0.25, 0.3) is 0 Å². The van der Waals surface area contributed by atoms with E-state index in [4.69, 9.17) is 97.7 Å². The summed E-state index contributed by atoms with van der Waals surface area (Å²) >= 11 is 56.4. The second kappa shape index (κ2) is 39.1. The second-order valence-electron chi connectivity index (χ2n) is 5.33. The first-order valence-corrected chi connectivity index (χ1v) is 13.2. The number of nitrogens with zero attached hydrogens (tertiary/aromatic N) is 2. The van der Waals surface area contributed by atoms with E-state index in [1.165, 1.54) is 0 Å². The number of hydrogen-bond donors (Lipinski definition) is 10. The Bertz CT molecular complexity index is 1580. The first kappa shape index (κ1) is 70.4. The number of rotatable bonds is 0. The molecule has 0 aliphatic rings. The smallest absolute Gasteiger partial charge is 0.742 e. The average Bonchev–Trinajstić information content (AvgIpc) is 2.64. The molecule has 0 aromatic carbocycles. The predicted molar refractivity (Wildman–Crippen MR) is 192 cm³/mol. The molecule has 33 heteroatoms. The van der Waals surface area contributed by atoms with Gasteiger partial charge in [0.1, 0.15) is 0 Å². The number of hydrogen-bond acceptors (Lipinski definition) is 14. The number of nitrogens with one attached hydrogen (secondary N) is 10. The summed E-state index contributed by atoms with van der Waals surface area (Å²) in [5.41, 5.74) is 0. The van der Waals surface area contributed by atoms with Gasteiger partial charge in [0.2, 0.25) is 0 Å². The summed E-state index contributed by atoms with van der Waals surface area (Å²) in [5, 5.41) is 0.646. The van der Waals surface area contributed by atoms with Gasteiger partial charge in [-0.2, -0.15) is 0 Å². The van der Waals surface area contributed by atoms with Gasteiger partial charge < -0.3 is 108 Å². The standard InChI is InChI=1S/4C3H3N3S3.6H2O.3Rb/c4*7-1-4-2(8)6-3(9)5-1;;;;;;;;;/h4*(H3,4,5,6,7,8,9);6*1H2;;;/q;;;;;;;;;;;2*+1/p-2. The fourth-order valence-corrected chi connectivity index (χ4v) is 4.70. The Kier molecular flexibility index (Phi) is 61.2. The molecule has 0 amide bonds. The molecule has 241 valence electrons. The van der Waals surface area contributed by atoms with Crippen molar-refractivity contribution in [1.29, 1.82) is 0 Å². The predicted octanol–water partition coefficient (Wildman–Crippen LogP) is -5.40. The molecule has 4 aromatic rings. The number of H-pyrrole nitrogens is 10. The summed E-state index contributed by atoms with van der Waals surface area (Å²) in [6.07, 6.45) is 0. The molecule has 0 saturated carbocycles. The van der Waals surface area contributed by atoms with Crippen LogP contribution in [0.4, 0.5) is 0 Å². The largest absolute Gasteiger partial charge is 1.00 e. The molecule has 0 atom stereocenters. The quantitative estimate of drug-likeness (QED) is 0.0581. The van der Waals surface area contributed by atoms with Crippen LogP contribution in [-0.2, 0) is 25.3 Å². The molecule has 0 aliphatic heterocycles. The Morgan fingerprint density at radius 1 is 0.333 bits per heavy atom. The van der Waals surface area contributed by atoms with E-state index in [-0.39, 0.29) is 207 Å². The Labute approximate surface area is 461 Å². The third-order valence-electron chi connectivity index (χ3n) is 2.65. The zero-order valence-corrected chi connectivity index (χ0v) is 47.3. The normalized spacial score (nSPS) is 7.47. The van der Waals surface area contributed by atoms with E-state index in [9.17, 15) is 0 Å². The Morgan fingerprint density at radius 3 is 0.622 bits per heavy atom. The monoisotopic (exact) mass is 1070 g/mol. The Balaban J connectivity index is -0.0000000514. The molecule has 0 aliphatic carbocycles. The summed E-state index contributed by atoms with van der Waals surface area (Å²) in [7, 11) is 0. The minimum Gasteiger partial charge on any atom is -0.742 e. The number of aromatic nitrogens is 12. The first-order chi connectivity index (χ1) is 16.7. The van der Waals surface area contributed by atoms with Crippen molar-refractivity contribution in [3.05, 3.63) is 47.7 Å². The second-order valence-corrected chi connectivity index (χ2v) is 10.1. The van der Waals surface area contributed by atoms with Crippen molar-refractivity contribution in [2.24, 2.45) is 0 Å². The third kappa shape index (κ3) is 37.4. The Morgan fingerprint density at radius 2 is 0.489 bits per heavy atom. The van der Waals surface area contributed by atoms with Crippen LogP contribution in [0.2, 0.25) is 0 Å². The summed E-state index contributed by atoms with van der Waals surface area (Å²) in [5.74, 6) is 0. The third-order valence-corrected chi connectivity index (χ3v) is 5.06. The molecular weight excluding hydrogens is 1050 g/mol. The van der Waals surface area contributed by atoms with Crippen LogP contribution in [0.5, 0.6) is 0 Å². The molecule has 0 saturated heterocycles. The van der Waals surface area contributed by atoms with Crippen LogP contribution in [0.15, 0.2) is 10.3 Å². The summed E-state index contributed by atoms with van der Waals surface area (Å²) in [4.78, 5) is 33.8. The van der Waals surface area contributed by atoms with E-state index in [1.807, 2.05) is 0 Å². The SMILES string of the molecule is O.O.O.O.O.O.S=c1[nH]c(=S)[nH]c(=S)[nH]1.S=c1[nH]c(=S)[nH]c(=S)[nH]1.S=c1nc([S-])[nH]c(=S)[nH]1.S=c1nc([S-])[nH]c(=S)[nH]1.[Rb+].[Rb+].[Rb]. The van der Waals surface area contributed by atoms with E-state index in [0.29, 0.717) is 58.0 Å². The van der Waals surface area contributed by atoms with Crippen molar-refractivity contribution in [3.63, 3.8) is 0 Å². The van der Waals surface area contributed by atoms with Crippen LogP contribution in [-0.4, -0.2) is 151 Å². The minimum absolute atomic E-state index is 0. The molecule has 0 unspecified atom stereocenters. The van der Waals surface area contributed by atoms with Gasteiger partial charge in [-0.05, 0) is 132 Å². The molecule has 45 heavy (non-hydrogen) atoms. The van der Waals surface area contributed by atoms with Crippen molar-refractivity contribution >= 4 is 206 Å². The first-order valence-electron chi connectivity index (χ1n) is 8.34. The molecule has 4 rings (SSSR count). The van der Waals surface area contributed by atoms with Crippen LogP contribution in [0.3, 0.4) is 0 Å². The van der Waals surface area contributed by atoms with Gasteiger partial charge in [-0.1, -0.05) is 0 Å². The van der Waals surface area contributed by atoms with Crippen LogP contribution in [0, 0.1) is 47.7 Å². The van der Waals surface area contributed by atoms with E-state index >= 15 is 0 Å². The summed E-state index contributed by atoms with van der Waals surface area (Å²) < 4.78 is 4.17. The van der Waals surface area contributed by atoms with Crippen molar-refractivity contribution in [3.8, 4) is 0 Å². The van der Waals surface area contributed by atoms with E-state index in [2.05, 4.69) is 110 Å².